The minimum Gasteiger partial charge on any atom is -0.490 e. The maximum atomic E-state index is 11.9. The maximum absolute atomic E-state index is 11.9. The van der Waals surface area contributed by atoms with Crippen molar-refractivity contribution in [2.75, 3.05) is 13.2 Å². The summed E-state index contributed by atoms with van der Waals surface area (Å²) in [7, 11) is 0. The van der Waals surface area contributed by atoms with Gasteiger partial charge in [0, 0.05) is 11.6 Å². The maximum Gasteiger partial charge on any atom is 0.251 e. The summed E-state index contributed by atoms with van der Waals surface area (Å²) in [5.74, 6) is 0.441. The fraction of sp³-hybridized carbons (Fsp3) is 0.400. The minimum atomic E-state index is -0.261. The zero-order chi connectivity index (χ0) is 14.3. The van der Waals surface area contributed by atoms with Crippen molar-refractivity contribution in [3.05, 3.63) is 41.5 Å². The monoisotopic (exact) mass is 263 g/mol. The van der Waals surface area contributed by atoms with Gasteiger partial charge < -0.3 is 15.2 Å². The molecule has 0 bridgehead atoms. The van der Waals surface area contributed by atoms with Gasteiger partial charge >= 0.3 is 0 Å². The van der Waals surface area contributed by atoms with E-state index in [1.807, 2.05) is 26.0 Å². The molecule has 1 aromatic rings. The number of amides is 1. The molecule has 1 amide bonds. The highest BCUT2D eigenvalue weighted by Crippen LogP contribution is 2.13. The summed E-state index contributed by atoms with van der Waals surface area (Å²) in [6, 6.07) is 6.73. The van der Waals surface area contributed by atoms with Crippen LogP contribution in [-0.2, 0) is 0 Å². The number of ether oxygens (including phenoxy) is 1. The number of carbonyl (C=O) groups excluding carboxylic acids is 1. The van der Waals surface area contributed by atoms with Gasteiger partial charge in [-0.05, 0) is 45.0 Å². The molecule has 0 aliphatic carbocycles. The molecule has 0 aliphatic heterocycles. The molecule has 0 spiro atoms. The number of aliphatic hydroxyl groups is 1. The van der Waals surface area contributed by atoms with Crippen molar-refractivity contribution in [1.82, 2.24) is 5.32 Å². The number of hydrogen-bond acceptors (Lipinski definition) is 3. The fourth-order valence-electron chi connectivity index (χ4n) is 1.38. The van der Waals surface area contributed by atoms with E-state index in [0.29, 0.717) is 17.9 Å². The second kappa shape index (κ2) is 7.59. The number of nitrogens with one attached hydrogen (secondary N) is 1. The standard InChI is InChI=1S/C15H21NO3/c1-11(2)7-8-19-14-6-4-5-13(9-14)15(18)16-12(3)10-17/h4-7,9,12,17H,8,10H2,1-3H3,(H,16,18). The molecule has 2 N–H and O–H groups in total. The first-order valence-corrected chi connectivity index (χ1v) is 6.31. The van der Waals surface area contributed by atoms with Gasteiger partial charge in [-0.15, -0.1) is 0 Å². The second-order valence-electron chi connectivity index (χ2n) is 4.68. The van der Waals surface area contributed by atoms with Crippen molar-refractivity contribution in [2.24, 2.45) is 0 Å². The predicted molar refractivity (Wildman–Crippen MR) is 75.4 cm³/mol. The molecule has 1 aromatic carbocycles. The highest BCUT2D eigenvalue weighted by molar-refractivity contribution is 5.94. The highest BCUT2D eigenvalue weighted by Gasteiger charge is 2.09. The summed E-state index contributed by atoms with van der Waals surface area (Å²) in [5, 5.41) is 11.6. The first kappa shape index (κ1) is 15.2. The normalized spacial score (nSPS) is 11.6. The SMILES string of the molecule is CC(C)=CCOc1cccc(C(=O)NC(C)CO)c1. The molecule has 4 nitrogen and oxygen atoms in total. The molecule has 0 fully saturated rings. The van der Waals surface area contributed by atoms with Crippen LogP contribution >= 0.6 is 0 Å². The number of carbonyl (C=O) groups is 1. The van der Waals surface area contributed by atoms with E-state index in [1.165, 1.54) is 5.57 Å². The zero-order valence-electron chi connectivity index (χ0n) is 11.6. The molecule has 0 aliphatic rings. The summed E-state index contributed by atoms with van der Waals surface area (Å²) in [4.78, 5) is 11.9. The van der Waals surface area contributed by atoms with E-state index in [2.05, 4.69) is 5.32 Å². The van der Waals surface area contributed by atoms with Crippen molar-refractivity contribution < 1.29 is 14.6 Å². The van der Waals surface area contributed by atoms with Gasteiger partial charge in [-0.2, -0.15) is 0 Å². The van der Waals surface area contributed by atoms with Crippen molar-refractivity contribution in [3.63, 3.8) is 0 Å². The smallest absolute Gasteiger partial charge is 0.251 e. The summed E-state index contributed by atoms with van der Waals surface area (Å²) in [5.41, 5.74) is 1.71. The molecule has 0 radical (unpaired) electrons. The molecular formula is C15H21NO3. The average Bonchev–Trinajstić information content (AvgIpc) is 2.38. The van der Waals surface area contributed by atoms with E-state index in [1.54, 1.807) is 25.1 Å². The van der Waals surface area contributed by atoms with Crippen LogP contribution < -0.4 is 10.1 Å². The lowest BCUT2D eigenvalue weighted by atomic mass is 10.2. The Kier molecular flexibility index (Phi) is 6.09. The summed E-state index contributed by atoms with van der Waals surface area (Å²) in [6.45, 7) is 6.16. The lowest BCUT2D eigenvalue weighted by Gasteiger charge is -2.11. The number of hydrogen-bond donors (Lipinski definition) is 2. The van der Waals surface area contributed by atoms with Crippen LogP contribution in [0.15, 0.2) is 35.9 Å². The Bertz CT molecular complexity index is 450. The Balaban J connectivity index is 2.66. The quantitative estimate of drug-likeness (QED) is 0.773. The highest BCUT2D eigenvalue weighted by atomic mass is 16.5. The zero-order valence-corrected chi connectivity index (χ0v) is 11.6. The van der Waals surface area contributed by atoms with Crippen LogP contribution in [-0.4, -0.2) is 30.3 Å². The number of allylic oxidation sites excluding steroid dienone is 1. The van der Waals surface area contributed by atoms with Gasteiger partial charge in [-0.25, -0.2) is 0 Å². The van der Waals surface area contributed by atoms with E-state index in [9.17, 15) is 4.79 Å². The fourth-order valence-corrected chi connectivity index (χ4v) is 1.38. The summed E-state index contributed by atoms with van der Waals surface area (Å²) in [6.07, 6.45) is 1.97. The van der Waals surface area contributed by atoms with Crippen LogP contribution in [0.4, 0.5) is 0 Å². The first-order chi connectivity index (χ1) is 9.02. The Labute approximate surface area is 114 Å². The van der Waals surface area contributed by atoms with E-state index < -0.39 is 0 Å². The van der Waals surface area contributed by atoms with Crippen LogP contribution in [0.1, 0.15) is 31.1 Å². The van der Waals surface area contributed by atoms with Crippen LogP contribution in [0.2, 0.25) is 0 Å². The third-order valence-corrected chi connectivity index (χ3v) is 2.49. The molecule has 0 heterocycles. The Hall–Kier alpha value is -1.81. The number of aliphatic hydroxyl groups excluding tert-OH is 1. The molecule has 4 heteroatoms. The molecule has 1 unspecified atom stereocenters. The lowest BCUT2D eigenvalue weighted by molar-refractivity contribution is 0.0922. The second-order valence-corrected chi connectivity index (χ2v) is 4.68. The van der Waals surface area contributed by atoms with Crippen LogP contribution in [0.5, 0.6) is 5.75 Å². The number of rotatable bonds is 6. The topological polar surface area (TPSA) is 58.6 Å². The van der Waals surface area contributed by atoms with Gasteiger partial charge in [0.05, 0.1) is 6.61 Å². The predicted octanol–water partition coefficient (Wildman–Crippen LogP) is 2.14. The van der Waals surface area contributed by atoms with Crippen LogP contribution in [0.3, 0.4) is 0 Å². The Morgan fingerprint density at radius 3 is 2.84 bits per heavy atom. The van der Waals surface area contributed by atoms with Gasteiger partial charge in [0.2, 0.25) is 0 Å². The minimum absolute atomic E-state index is 0.0809. The largest absolute Gasteiger partial charge is 0.490 e. The van der Waals surface area contributed by atoms with E-state index >= 15 is 0 Å². The van der Waals surface area contributed by atoms with Gasteiger partial charge in [0.1, 0.15) is 12.4 Å². The molecule has 0 saturated carbocycles. The first-order valence-electron chi connectivity index (χ1n) is 6.31. The third-order valence-electron chi connectivity index (χ3n) is 2.49. The van der Waals surface area contributed by atoms with Crippen molar-refractivity contribution in [3.8, 4) is 5.75 Å². The van der Waals surface area contributed by atoms with E-state index in [0.717, 1.165) is 0 Å². The van der Waals surface area contributed by atoms with Crippen molar-refractivity contribution in [2.45, 2.75) is 26.8 Å². The summed E-state index contributed by atoms with van der Waals surface area (Å²) >= 11 is 0. The van der Waals surface area contributed by atoms with Gasteiger partial charge in [0.15, 0.2) is 0 Å². The van der Waals surface area contributed by atoms with E-state index in [4.69, 9.17) is 9.84 Å². The Morgan fingerprint density at radius 1 is 1.47 bits per heavy atom. The Morgan fingerprint density at radius 2 is 2.21 bits per heavy atom. The van der Waals surface area contributed by atoms with Gasteiger partial charge in [0.25, 0.3) is 5.91 Å². The number of benzene rings is 1. The third kappa shape index (κ3) is 5.57. The van der Waals surface area contributed by atoms with E-state index in [-0.39, 0.29) is 18.6 Å². The van der Waals surface area contributed by atoms with Crippen molar-refractivity contribution in [1.29, 1.82) is 0 Å². The molecule has 0 aromatic heterocycles. The molecule has 1 atom stereocenters. The molecule has 19 heavy (non-hydrogen) atoms. The van der Waals surface area contributed by atoms with Gasteiger partial charge in [-0.1, -0.05) is 11.6 Å². The van der Waals surface area contributed by atoms with Gasteiger partial charge in [-0.3, -0.25) is 4.79 Å². The lowest BCUT2D eigenvalue weighted by Crippen LogP contribution is -2.34. The summed E-state index contributed by atoms with van der Waals surface area (Å²) < 4.78 is 5.53. The molecule has 104 valence electrons. The van der Waals surface area contributed by atoms with Crippen LogP contribution in [0, 0.1) is 0 Å². The van der Waals surface area contributed by atoms with Crippen LogP contribution in [0.25, 0.3) is 0 Å². The molecule has 0 saturated heterocycles. The molecule has 1 rings (SSSR count). The molecular weight excluding hydrogens is 242 g/mol. The average molecular weight is 263 g/mol. The van der Waals surface area contributed by atoms with Crippen molar-refractivity contribution >= 4 is 5.91 Å².